The van der Waals surface area contributed by atoms with Gasteiger partial charge in [0.2, 0.25) is 11.8 Å². The Morgan fingerprint density at radius 1 is 1.50 bits per heavy atom. The number of aryl methyl sites for hydroxylation is 1. The first kappa shape index (κ1) is 14.5. The maximum atomic E-state index is 12.4. The molecule has 1 fully saturated rings. The zero-order valence-corrected chi connectivity index (χ0v) is 12.6. The van der Waals surface area contributed by atoms with Crippen molar-refractivity contribution in [3.63, 3.8) is 0 Å². The molecular formula is C15H18N4O3. The van der Waals surface area contributed by atoms with Crippen molar-refractivity contribution in [3.05, 3.63) is 35.8 Å². The molecule has 22 heavy (non-hydrogen) atoms. The van der Waals surface area contributed by atoms with Crippen LogP contribution in [0.5, 0.6) is 0 Å². The van der Waals surface area contributed by atoms with E-state index in [1.807, 2.05) is 35.7 Å². The minimum absolute atomic E-state index is 0.0421. The molecular weight excluding hydrogens is 284 g/mol. The Hall–Kier alpha value is -2.41. The number of amides is 2. The lowest BCUT2D eigenvalue weighted by Crippen LogP contribution is -2.53. The number of nitrogens with zero attached hydrogens (tertiary/aromatic N) is 3. The Morgan fingerprint density at radius 2 is 2.32 bits per heavy atom. The Balaban J connectivity index is 2.10. The molecule has 1 N–H and O–H groups in total. The highest BCUT2D eigenvalue weighted by molar-refractivity contribution is 5.90. The average molecular weight is 302 g/mol. The predicted molar refractivity (Wildman–Crippen MR) is 79.3 cm³/mol. The van der Waals surface area contributed by atoms with E-state index in [1.54, 1.807) is 4.90 Å². The summed E-state index contributed by atoms with van der Waals surface area (Å²) >= 11 is 0. The molecule has 3 rings (SSSR count). The van der Waals surface area contributed by atoms with Crippen molar-refractivity contribution in [3.8, 4) is 0 Å². The second-order valence-electron chi connectivity index (χ2n) is 5.23. The van der Waals surface area contributed by atoms with Gasteiger partial charge in [-0.2, -0.15) is 0 Å². The normalized spacial score (nSPS) is 18.5. The standard InChI is InChI=1S/C15H18N4O3/c1-10-13(18-7-4-3-5-11(18)17-10)14-15(21)16-6-8-19(14)12(20)9-22-2/h3-5,7,14H,6,8-9H2,1-2H3,(H,16,21). The number of imidazole rings is 1. The Kier molecular flexibility index (Phi) is 3.81. The summed E-state index contributed by atoms with van der Waals surface area (Å²) in [4.78, 5) is 30.7. The van der Waals surface area contributed by atoms with Crippen LogP contribution in [-0.4, -0.2) is 52.9 Å². The summed E-state index contributed by atoms with van der Waals surface area (Å²) in [5.41, 5.74) is 2.22. The number of hydrogen-bond donors (Lipinski definition) is 1. The SMILES string of the molecule is COCC(=O)N1CCNC(=O)C1c1c(C)nc2ccccn12. The third-order valence-corrected chi connectivity index (χ3v) is 3.81. The molecule has 0 bridgehead atoms. The van der Waals surface area contributed by atoms with E-state index >= 15 is 0 Å². The van der Waals surface area contributed by atoms with E-state index < -0.39 is 6.04 Å². The van der Waals surface area contributed by atoms with Crippen molar-refractivity contribution in [2.24, 2.45) is 0 Å². The second-order valence-corrected chi connectivity index (χ2v) is 5.23. The van der Waals surface area contributed by atoms with Gasteiger partial charge in [-0.1, -0.05) is 6.07 Å². The molecule has 1 aliphatic rings. The van der Waals surface area contributed by atoms with Crippen LogP contribution in [0.1, 0.15) is 17.4 Å². The van der Waals surface area contributed by atoms with Crippen LogP contribution in [-0.2, 0) is 14.3 Å². The number of methoxy groups -OCH3 is 1. The maximum Gasteiger partial charge on any atom is 0.249 e. The molecule has 0 saturated carbocycles. The second kappa shape index (κ2) is 5.76. The highest BCUT2D eigenvalue weighted by Crippen LogP contribution is 2.27. The van der Waals surface area contributed by atoms with Crippen molar-refractivity contribution in [1.82, 2.24) is 19.6 Å². The molecule has 0 aliphatic carbocycles. The van der Waals surface area contributed by atoms with Gasteiger partial charge in [0.25, 0.3) is 0 Å². The van der Waals surface area contributed by atoms with Crippen LogP contribution in [0.2, 0.25) is 0 Å². The molecule has 0 radical (unpaired) electrons. The first-order valence-electron chi connectivity index (χ1n) is 7.13. The van der Waals surface area contributed by atoms with Crippen molar-refractivity contribution in [1.29, 1.82) is 0 Å². The molecule has 1 saturated heterocycles. The number of aromatic nitrogens is 2. The number of ether oxygens (including phenoxy) is 1. The van der Waals surface area contributed by atoms with E-state index in [4.69, 9.17) is 4.74 Å². The average Bonchev–Trinajstić information content (AvgIpc) is 2.83. The van der Waals surface area contributed by atoms with Crippen molar-refractivity contribution in [2.45, 2.75) is 13.0 Å². The van der Waals surface area contributed by atoms with E-state index in [0.717, 1.165) is 17.0 Å². The maximum absolute atomic E-state index is 12.4. The van der Waals surface area contributed by atoms with Gasteiger partial charge >= 0.3 is 0 Å². The molecule has 0 aromatic carbocycles. The fraction of sp³-hybridized carbons (Fsp3) is 0.400. The molecule has 3 heterocycles. The summed E-state index contributed by atoms with van der Waals surface area (Å²) in [7, 11) is 1.47. The van der Waals surface area contributed by atoms with E-state index in [1.165, 1.54) is 7.11 Å². The van der Waals surface area contributed by atoms with Crippen molar-refractivity contribution < 1.29 is 14.3 Å². The van der Waals surface area contributed by atoms with Gasteiger partial charge in [-0.25, -0.2) is 4.98 Å². The van der Waals surface area contributed by atoms with Gasteiger partial charge in [-0.15, -0.1) is 0 Å². The minimum Gasteiger partial charge on any atom is -0.375 e. The molecule has 7 heteroatoms. The zero-order valence-electron chi connectivity index (χ0n) is 12.6. The predicted octanol–water partition coefficient (Wildman–Crippen LogP) is 0.289. The first-order valence-corrected chi connectivity index (χ1v) is 7.13. The summed E-state index contributed by atoms with van der Waals surface area (Å²) in [5.74, 6) is -0.392. The highest BCUT2D eigenvalue weighted by Gasteiger charge is 2.37. The van der Waals surface area contributed by atoms with Crippen LogP contribution >= 0.6 is 0 Å². The fourth-order valence-corrected chi connectivity index (χ4v) is 2.88. The monoisotopic (exact) mass is 302 g/mol. The van der Waals surface area contributed by atoms with Gasteiger partial charge in [0.05, 0.1) is 11.4 Å². The Bertz CT molecular complexity index is 725. The van der Waals surface area contributed by atoms with Gasteiger partial charge in [-0.3, -0.25) is 9.59 Å². The zero-order chi connectivity index (χ0) is 15.7. The number of carbonyl (C=O) groups excluding carboxylic acids is 2. The van der Waals surface area contributed by atoms with Gasteiger partial charge in [-0.05, 0) is 19.1 Å². The third kappa shape index (κ3) is 2.33. The van der Waals surface area contributed by atoms with Crippen LogP contribution in [0.3, 0.4) is 0 Å². The molecule has 116 valence electrons. The summed E-state index contributed by atoms with van der Waals surface area (Å²) in [5, 5.41) is 2.82. The minimum atomic E-state index is -0.686. The van der Waals surface area contributed by atoms with Crippen LogP contribution in [0.4, 0.5) is 0 Å². The van der Waals surface area contributed by atoms with Crippen LogP contribution < -0.4 is 5.32 Å². The van der Waals surface area contributed by atoms with Crippen LogP contribution in [0, 0.1) is 6.92 Å². The smallest absolute Gasteiger partial charge is 0.249 e. The lowest BCUT2D eigenvalue weighted by atomic mass is 10.1. The van der Waals surface area contributed by atoms with Crippen molar-refractivity contribution >= 4 is 17.5 Å². The molecule has 0 spiro atoms. The van der Waals surface area contributed by atoms with Gasteiger partial charge in [0.15, 0.2) is 6.04 Å². The number of carbonyl (C=O) groups is 2. The fourth-order valence-electron chi connectivity index (χ4n) is 2.88. The third-order valence-electron chi connectivity index (χ3n) is 3.81. The molecule has 1 unspecified atom stereocenters. The molecule has 2 aromatic heterocycles. The summed E-state index contributed by atoms with van der Waals surface area (Å²) in [6.45, 7) is 2.71. The number of hydrogen-bond acceptors (Lipinski definition) is 4. The van der Waals surface area contributed by atoms with Gasteiger partial charge < -0.3 is 19.4 Å². The highest BCUT2D eigenvalue weighted by atomic mass is 16.5. The first-order chi connectivity index (χ1) is 10.6. The molecule has 2 amide bonds. The summed E-state index contributed by atoms with van der Waals surface area (Å²) in [6, 6.07) is 4.95. The Morgan fingerprint density at radius 3 is 3.09 bits per heavy atom. The Labute approximate surface area is 127 Å². The summed E-state index contributed by atoms with van der Waals surface area (Å²) in [6.07, 6.45) is 1.85. The largest absolute Gasteiger partial charge is 0.375 e. The molecule has 7 nitrogen and oxygen atoms in total. The van der Waals surface area contributed by atoms with Crippen LogP contribution in [0.15, 0.2) is 24.4 Å². The van der Waals surface area contributed by atoms with Crippen molar-refractivity contribution in [2.75, 3.05) is 26.8 Å². The van der Waals surface area contributed by atoms with E-state index in [0.29, 0.717) is 13.1 Å². The summed E-state index contributed by atoms with van der Waals surface area (Å²) < 4.78 is 6.79. The quantitative estimate of drug-likeness (QED) is 0.884. The molecule has 2 aromatic rings. The van der Waals surface area contributed by atoms with Gasteiger partial charge in [0.1, 0.15) is 12.3 Å². The number of piperazine rings is 1. The van der Waals surface area contributed by atoms with E-state index in [2.05, 4.69) is 10.3 Å². The van der Waals surface area contributed by atoms with Crippen LogP contribution in [0.25, 0.3) is 5.65 Å². The van der Waals surface area contributed by atoms with E-state index in [9.17, 15) is 9.59 Å². The molecule has 1 aliphatic heterocycles. The number of pyridine rings is 1. The van der Waals surface area contributed by atoms with Gasteiger partial charge in [0, 0.05) is 26.4 Å². The van der Waals surface area contributed by atoms with E-state index in [-0.39, 0.29) is 18.4 Å². The number of nitrogens with one attached hydrogen (secondary N) is 1. The topological polar surface area (TPSA) is 75.9 Å². The molecule has 1 atom stereocenters. The lowest BCUT2D eigenvalue weighted by Gasteiger charge is -2.35. The number of rotatable bonds is 3. The lowest BCUT2D eigenvalue weighted by molar-refractivity contribution is -0.146. The number of fused-ring (bicyclic) bond motifs is 1.